The van der Waals surface area contributed by atoms with Gasteiger partial charge in [0.25, 0.3) is 0 Å². The maximum absolute atomic E-state index is 12.2. The zero-order chi connectivity index (χ0) is 17.5. The first kappa shape index (κ1) is 20.5. The molecule has 0 bridgehead atoms. The number of hydrogen-bond donors (Lipinski definition) is 1. The second-order valence-corrected chi connectivity index (χ2v) is 10.2. The van der Waals surface area contributed by atoms with Crippen molar-refractivity contribution in [3.8, 4) is 0 Å². The van der Waals surface area contributed by atoms with Crippen LogP contribution in [0.5, 0.6) is 0 Å². The summed E-state index contributed by atoms with van der Waals surface area (Å²) in [6.07, 6.45) is 7.89. The Hall–Kier alpha value is -0.593. The number of nitrogens with zero attached hydrogens (tertiary/aromatic N) is 1. The number of rotatable bonds is 7. The molecular formula is C17H36N2O3Si. The Balaban J connectivity index is 2.42. The number of carbonyl (C=O) groups is 1. The van der Waals surface area contributed by atoms with Gasteiger partial charge in [-0.3, -0.25) is 0 Å². The molecule has 0 radical (unpaired) electrons. The minimum absolute atomic E-state index is 0.243. The molecule has 136 valence electrons. The molecule has 0 aromatic carbocycles. The molecule has 1 unspecified atom stereocenters. The monoisotopic (exact) mass is 344 g/mol. The average molecular weight is 345 g/mol. The fourth-order valence-electron chi connectivity index (χ4n) is 3.02. The lowest BCUT2D eigenvalue weighted by Crippen LogP contribution is -2.40. The van der Waals surface area contributed by atoms with E-state index in [0.717, 1.165) is 12.8 Å². The number of carbonyl (C=O) groups excluding carboxylic acids is 1. The standard InChI is InChI=1S/C17H36N2O3Si/c1-17(2,3)21-16(20)19(22-23(4)5)13-9-12-15(18)14-10-7-6-8-11-14/h14-15,23H,6-13,18H2,1-5H3. The average Bonchev–Trinajstić information content (AvgIpc) is 2.44. The molecular weight excluding hydrogens is 308 g/mol. The molecule has 0 spiro atoms. The maximum atomic E-state index is 12.2. The van der Waals surface area contributed by atoms with E-state index in [9.17, 15) is 4.79 Å². The second kappa shape index (κ2) is 9.64. The molecule has 2 N–H and O–H groups in total. The summed E-state index contributed by atoms with van der Waals surface area (Å²) in [5.41, 5.74) is 5.84. The quantitative estimate of drug-likeness (QED) is 0.563. The van der Waals surface area contributed by atoms with Gasteiger partial charge in [-0.2, -0.15) is 5.06 Å². The molecule has 0 aromatic heterocycles. The van der Waals surface area contributed by atoms with Gasteiger partial charge in [-0.1, -0.05) is 19.3 Å². The molecule has 0 heterocycles. The largest absolute Gasteiger partial charge is 0.442 e. The minimum Gasteiger partial charge on any atom is -0.442 e. The highest BCUT2D eigenvalue weighted by atomic mass is 28.3. The van der Waals surface area contributed by atoms with Crippen molar-refractivity contribution in [3.63, 3.8) is 0 Å². The van der Waals surface area contributed by atoms with Crippen molar-refractivity contribution in [2.24, 2.45) is 11.7 Å². The van der Waals surface area contributed by atoms with Crippen molar-refractivity contribution < 1.29 is 14.1 Å². The molecule has 0 saturated heterocycles. The van der Waals surface area contributed by atoms with Crippen LogP contribution in [-0.2, 0) is 9.26 Å². The van der Waals surface area contributed by atoms with Crippen LogP contribution in [0.15, 0.2) is 0 Å². The Bertz CT molecular complexity index is 352. The molecule has 0 aliphatic heterocycles. The SMILES string of the molecule is C[SiH](C)ON(CCCC(N)C1CCCCC1)C(=O)OC(C)(C)C. The van der Waals surface area contributed by atoms with Gasteiger partial charge >= 0.3 is 6.09 Å². The third kappa shape index (κ3) is 8.72. The van der Waals surface area contributed by atoms with Gasteiger partial charge in [-0.15, -0.1) is 0 Å². The molecule has 5 nitrogen and oxygen atoms in total. The van der Waals surface area contributed by atoms with Gasteiger partial charge in [0, 0.05) is 6.04 Å². The summed E-state index contributed by atoms with van der Waals surface area (Å²) in [5, 5.41) is 1.41. The maximum Gasteiger partial charge on any atom is 0.433 e. The first-order valence-electron chi connectivity index (χ1n) is 9.12. The van der Waals surface area contributed by atoms with Gasteiger partial charge in [-0.25, -0.2) is 4.79 Å². The zero-order valence-electron chi connectivity index (χ0n) is 15.6. The summed E-state index contributed by atoms with van der Waals surface area (Å²) in [7, 11) is -1.35. The minimum atomic E-state index is -1.35. The van der Waals surface area contributed by atoms with Crippen LogP contribution in [0.25, 0.3) is 0 Å². The van der Waals surface area contributed by atoms with Crippen molar-refractivity contribution in [3.05, 3.63) is 0 Å². The molecule has 6 heteroatoms. The van der Waals surface area contributed by atoms with Gasteiger partial charge < -0.3 is 15.0 Å². The van der Waals surface area contributed by atoms with Crippen molar-refractivity contribution in [2.75, 3.05) is 6.54 Å². The van der Waals surface area contributed by atoms with E-state index in [-0.39, 0.29) is 12.1 Å². The van der Waals surface area contributed by atoms with E-state index in [1.54, 1.807) is 0 Å². The van der Waals surface area contributed by atoms with Crippen molar-refractivity contribution in [2.45, 2.75) is 90.5 Å². The predicted octanol–water partition coefficient (Wildman–Crippen LogP) is 3.83. The zero-order valence-corrected chi connectivity index (χ0v) is 16.8. The van der Waals surface area contributed by atoms with E-state index in [4.69, 9.17) is 15.0 Å². The molecule has 1 amide bonds. The summed E-state index contributed by atoms with van der Waals surface area (Å²) in [4.78, 5) is 12.2. The molecule has 1 aliphatic rings. The highest BCUT2D eigenvalue weighted by Crippen LogP contribution is 2.27. The Labute approximate surface area is 143 Å². The Morgan fingerprint density at radius 3 is 2.39 bits per heavy atom. The summed E-state index contributed by atoms with van der Waals surface area (Å²) < 4.78 is 11.2. The van der Waals surface area contributed by atoms with Crippen LogP contribution in [0.3, 0.4) is 0 Å². The van der Waals surface area contributed by atoms with E-state index < -0.39 is 14.6 Å². The topological polar surface area (TPSA) is 64.8 Å². The van der Waals surface area contributed by atoms with Gasteiger partial charge in [0.1, 0.15) is 5.60 Å². The molecule has 23 heavy (non-hydrogen) atoms. The first-order chi connectivity index (χ1) is 10.7. The lowest BCUT2D eigenvalue weighted by Gasteiger charge is -2.30. The van der Waals surface area contributed by atoms with E-state index in [0.29, 0.717) is 12.5 Å². The number of nitrogens with two attached hydrogens (primary N) is 1. The van der Waals surface area contributed by atoms with Crippen molar-refractivity contribution in [1.29, 1.82) is 0 Å². The van der Waals surface area contributed by atoms with Gasteiger partial charge in [0.2, 0.25) is 9.04 Å². The van der Waals surface area contributed by atoms with Crippen LogP contribution in [0.2, 0.25) is 13.1 Å². The third-order valence-electron chi connectivity index (χ3n) is 4.09. The molecule has 1 fully saturated rings. The molecule has 1 rings (SSSR count). The summed E-state index contributed by atoms with van der Waals surface area (Å²) in [5.74, 6) is 0.652. The number of hydrogen-bond acceptors (Lipinski definition) is 4. The summed E-state index contributed by atoms with van der Waals surface area (Å²) in [6, 6.07) is 0.243. The van der Waals surface area contributed by atoms with E-state index >= 15 is 0 Å². The molecule has 1 aliphatic carbocycles. The number of amides is 1. The van der Waals surface area contributed by atoms with Crippen molar-refractivity contribution >= 4 is 15.1 Å². The molecule has 0 aromatic rings. The van der Waals surface area contributed by atoms with Gasteiger partial charge in [-0.05, 0) is 65.5 Å². The van der Waals surface area contributed by atoms with E-state index in [1.165, 1.54) is 37.2 Å². The van der Waals surface area contributed by atoms with Gasteiger partial charge in [0.15, 0.2) is 0 Å². The number of hydroxylamine groups is 2. The Morgan fingerprint density at radius 2 is 1.87 bits per heavy atom. The molecule has 1 saturated carbocycles. The smallest absolute Gasteiger partial charge is 0.433 e. The van der Waals surface area contributed by atoms with Gasteiger partial charge in [0.05, 0.1) is 6.54 Å². The van der Waals surface area contributed by atoms with E-state index in [1.807, 2.05) is 33.9 Å². The first-order valence-corrected chi connectivity index (χ1v) is 11.9. The van der Waals surface area contributed by atoms with Crippen LogP contribution in [0, 0.1) is 5.92 Å². The lowest BCUT2D eigenvalue weighted by atomic mass is 9.83. The van der Waals surface area contributed by atoms with Crippen LogP contribution >= 0.6 is 0 Å². The lowest BCUT2D eigenvalue weighted by molar-refractivity contribution is -0.0755. The molecule has 1 atom stereocenters. The van der Waals surface area contributed by atoms with Crippen LogP contribution in [-0.4, -0.2) is 38.4 Å². The summed E-state index contributed by atoms with van der Waals surface area (Å²) >= 11 is 0. The third-order valence-corrected chi connectivity index (χ3v) is 4.77. The van der Waals surface area contributed by atoms with E-state index in [2.05, 4.69) is 0 Å². The fourth-order valence-corrected chi connectivity index (χ4v) is 3.72. The van der Waals surface area contributed by atoms with Crippen molar-refractivity contribution in [1.82, 2.24) is 5.06 Å². The highest BCUT2D eigenvalue weighted by molar-refractivity contribution is 6.48. The van der Waals surface area contributed by atoms with Crippen LogP contribution < -0.4 is 5.73 Å². The van der Waals surface area contributed by atoms with Crippen LogP contribution in [0.1, 0.15) is 65.7 Å². The second-order valence-electron chi connectivity index (χ2n) is 7.94. The summed E-state index contributed by atoms with van der Waals surface area (Å²) in [6.45, 7) is 10.3. The normalized spacial score (nSPS) is 18.0. The Morgan fingerprint density at radius 1 is 1.26 bits per heavy atom. The Kier molecular flexibility index (Phi) is 8.57. The highest BCUT2D eigenvalue weighted by Gasteiger charge is 2.25. The number of ether oxygens (including phenoxy) is 1. The fraction of sp³-hybridized carbons (Fsp3) is 0.941. The predicted molar refractivity (Wildman–Crippen MR) is 96.7 cm³/mol. The van der Waals surface area contributed by atoms with Crippen LogP contribution in [0.4, 0.5) is 4.79 Å².